The van der Waals surface area contributed by atoms with Gasteiger partial charge in [0, 0.05) is 5.92 Å². The molecule has 1 saturated heterocycles. The molecule has 1 aliphatic heterocycles. The molecule has 5 heteroatoms. The van der Waals surface area contributed by atoms with Crippen molar-refractivity contribution in [3.8, 4) is 0 Å². The van der Waals surface area contributed by atoms with E-state index in [1.165, 1.54) is 0 Å². The molecule has 0 amide bonds. The topological polar surface area (TPSA) is 44.8 Å². The zero-order valence-corrected chi connectivity index (χ0v) is 10.1. The Morgan fingerprint density at radius 2 is 1.94 bits per heavy atom. The third-order valence-corrected chi connectivity index (χ3v) is 3.64. The van der Waals surface area contributed by atoms with E-state index in [0.29, 0.717) is 13.2 Å². The molecular weight excluding hydrogens is 227 g/mol. The van der Waals surface area contributed by atoms with Crippen molar-refractivity contribution in [2.45, 2.75) is 13.5 Å². The predicted molar refractivity (Wildman–Crippen MR) is 59.9 cm³/mol. The zero-order valence-electron chi connectivity index (χ0n) is 9.17. The van der Waals surface area contributed by atoms with Crippen LogP contribution in [0.3, 0.4) is 0 Å². The van der Waals surface area contributed by atoms with Crippen LogP contribution in [-0.4, -0.2) is 13.2 Å². The summed E-state index contributed by atoms with van der Waals surface area (Å²) in [5, 5.41) is 0. The van der Waals surface area contributed by atoms with Crippen molar-refractivity contribution in [1.29, 1.82) is 0 Å². The fourth-order valence-electron chi connectivity index (χ4n) is 1.32. The summed E-state index contributed by atoms with van der Waals surface area (Å²) in [5.41, 5.74) is 0.948. The second-order valence-corrected chi connectivity index (χ2v) is 5.57. The molecule has 0 N–H and O–H groups in total. The van der Waals surface area contributed by atoms with Crippen LogP contribution in [0.1, 0.15) is 12.5 Å². The van der Waals surface area contributed by atoms with Gasteiger partial charge in [-0.3, -0.25) is 13.6 Å². The largest absolute Gasteiger partial charge is 0.475 e. The van der Waals surface area contributed by atoms with Crippen LogP contribution in [0, 0.1) is 5.92 Å². The van der Waals surface area contributed by atoms with Crippen molar-refractivity contribution >= 4 is 7.82 Å². The number of phosphoric acid groups is 1. The van der Waals surface area contributed by atoms with Gasteiger partial charge < -0.3 is 0 Å². The number of rotatable bonds is 3. The van der Waals surface area contributed by atoms with E-state index in [2.05, 4.69) is 0 Å². The highest BCUT2D eigenvalue weighted by molar-refractivity contribution is 7.48. The second-order valence-electron chi connectivity index (χ2n) is 3.90. The van der Waals surface area contributed by atoms with E-state index in [-0.39, 0.29) is 12.5 Å². The van der Waals surface area contributed by atoms with E-state index < -0.39 is 7.82 Å². The minimum atomic E-state index is -3.32. The second kappa shape index (κ2) is 5.11. The van der Waals surface area contributed by atoms with Crippen molar-refractivity contribution in [1.82, 2.24) is 0 Å². The first-order valence-corrected chi connectivity index (χ1v) is 6.71. The van der Waals surface area contributed by atoms with Crippen molar-refractivity contribution < 1.29 is 18.1 Å². The van der Waals surface area contributed by atoms with E-state index >= 15 is 0 Å². The zero-order chi connectivity index (χ0) is 11.4. The molecule has 0 unspecified atom stereocenters. The lowest BCUT2D eigenvalue weighted by Gasteiger charge is -2.25. The number of phosphoric ester groups is 1. The third-order valence-electron chi connectivity index (χ3n) is 2.27. The molecule has 0 bridgehead atoms. The molecule has 1 heterocycles. The fourth-order valence-corrected chi connectivity index (χ4v) is 2.73. The van der Waals surface area contributed by atoms with E-state index in [1.54, 1.807) is 0 Å². The van der Waals surface area contributed by atoms with Gasteiger partial charge in [-0.05, 0) is 5.56 Å². The highest BCUT2D eigenvalue weighted by atomic mass is 31.2. The van der Waals surface area contributed by atoms with Gasteiger partial charge in [0.25, 0.3) is 0 Å². The molecule has 88 valence electrons. The molecule has 1 aromatic carbocycles. The van der Waals surface area contributed by atoms with E-state index in [0.717, 1.165) is 5.56 Å². The minimum Gasteiger partial charge on any atom is -0.286 e. The van der Waals surface area contributed by atoms with E-state index in [9.17, 15) is 4.57 Å². The van der Waals surface area contributed by atoms with E-state index in [4.69, 9.17) is 13.6 Å². The lowest BCUT2D eigenvalue weighted by Crippen LogP contribution is -2.19. The Morgan fingerprint density at radius 1 is 1.31 bits per heavy atom. The van der Waals surface area contributed by atoms with Crippen LogP contribution in [0.25, 0.3) is 0 Å². The molecule has 0 spiro atoms. The molecule has 2 rings (SSSR count). The molecule has 1 fully saturated rings. The summed E-state index contributed by atoms with van der Waals surface area (Å²) >= 11 is 0. The van der Waals surface area contributed by atoms with Gasteiger partial charge in [0.2, 0.25) is 0 Å². The molecular formula is C11H15O4P. The first-order valence-electron chi connectivity index (χ1n) is 5.25. The molecule has 1 aliphatic rings. The van der Waals surface area contributed by atoms with Gasteiger partial charge >= 0.3 is 7.82 Å². The first-order chi connectivity index (χ1) is 7.68. The highest BCUT2D eigenvalue weighted by Crippen LogP contribution is 2.52. The maximum Gasteiger partial charge on any atom is 0.475 e. The summed E-state index contributed by atoms with van der Waals surface area (Å²) in [6.45, 7) is 3.06. The van der Waals surface area contributed by atoms with Crippen molar-refractivity contribution in [3.05, 3.63) is 35.9 Å². The normalized spacial score (nSPS) is 30.2. The number of hydrogen-bond acceptors (Lipinski definition) is 4. The Kier molecular flexibility index (Phi) is 3.77. The quantitative estimate of drug-likeness (QED) is 0.764. The van der Waals surface area contributed by atoms with Gasteiger partial charge in [-0.25, -0.2) is 4.57 Å². The Morgan fingerprint density at radius 3 is 2.56 bits per heavy atom. The van der Waals surface area contributed by atoms with E-state index in [1.807, 2.05) is 37.3 Å². The number of benzene rings is 1. The monoisotopic (exact) mass is 242 g/mol. The molecule has 16 heavy (non-hydrogen) atoms. The summed E-state index contributed by atoms with van der Waals surface area (Å²) in [4.78, 5) is 0. The molecule has 1 aromatic rings. The summed E-state index contributed by atoms with van der Waals surface area (Å²) < 4.78 is 27.3. The van der Waals surface area contributed by atoms with Crippen molar-refractivity contribution in [3.63, 3.8) is 0 Å². The van der Waals surface area contributed by atoms with Gasteiger partial charge in [-0.2, -0.15) is 0 Å². The third kappa shape index (κ3) is 3.16. The Labute approximate surface area is 95.1 Å². The Bertz CT molecular complexity index is 367. The average Bonchev–Trinajstić information content (AvgIpc) is 2.33. The smallest absolute Gasteiger partial charge is 0.286 e. The standard InChI is InChI=1S/C11H15O4P/c1-10-7-13-16(12,14-8-10)15-9-11-5-3-2-4-6-11/h2-6,10H,7-9H2,1H3. The molecule has 0 saturated carbocycles. The van der Waals surface area contributed by atoms with Gasteiger partial charge in [0.05, 0.1) is 19.8 Å². The van der Waals surface area contributed by atoms with Gasteiger partial charge in [0.15, 0.2) is 0 Å². The molecule has 0 aromatic heterocycles. The predicted octanol–water partition coefficient (Wildman–Crippen LogP) is 2.99. The molecule has 4 nitrogen and oxygen atoms in total. The van der Waals surface area contributed by atoms with Crippen LogP contribution in [0.4, 0.5) is 0 Å². The lowest BCUT2D eigenvalue weighted by atomic mass is 10.2. The van der Waals surface area contributed by atoms with Crippen LogP contribution in [0.15, 0.2) is 30.3 Å². The maximum absolute atomic E-state index is 11.9. The average molecular weight is 242 g/mol. The maximum atomic E-state index is 11.9. The summed E-state index contributed by atoms with van der Waals surface area (Å²) in [6, 6.07) is 9.52. The summed E-state index contributed by atoms with van der Waals surface area (Å²) in [6.07, 6.45) is 0. The summed E-state index contributed by atoms with van der Waals surface area (Å²) in [7, 11) is -3.32. The minimum absolute atomic E-state index is 0.243. The van der Waals surface area contributed by atoms with Gasteiger partial charge in [-0.1, -0.05) is 37.3 Å². The lowest BCUT2D eigenvalue weighted by molar-refractivity contribution is 0.0416. The number of hydrogen-bond donors (Lipinski definition) is 0. The molecule has 0 radical (unpaired) electrons. The fraction of sp³-hybridized carbons (Fsp3) is 0.455. The Hall–Kier alpha value is -0.670. The highest BCUT2D eigenvalue weighted by Gasteiger charge is 2.32. The SMILES string of the molecule is CC1COP(=O)(OCc2ccccc2)OC1. The van der Waals surface area contributed by atoms with Crippen LogP contribution >= 0.6 is 7.82 Å². The Balaban J connectivity index is 1.88. The van der Waals surface area contributed by atoms with Crippen LogP contribution < -0.4 is 0 Å². The van der Waals surface area contributed by atoms with Crippen molar-refractivity contribution in [2.24, 2.45) is 5.92 Å². The van der Waals surface area contributed by atoms with Gasteiger partial charge in [-0.15, -0.1) is 0 Å². The van der Waals surface area contributed by atoms with Crippen LogP contribution in [0.2, 0.25) is 0 Å². The molecule has 0 atom stereocenters. The van der Waals surface area contributed by atoms with Crippen LogP contribution in [0.5, 0.6) is 0 Å². The summed E-state index contributed by atoms with van der Waals surface area (Å²) in [5.74, 6) is 0.266. The molecule has 0 aliphatic carbocycles. The first kappa shape index (κ1) is 11.8. The van der Waals surface area contributed by atoms with Gasteiger partial charge in [0.1, 0.15) is 0 Å². The van der Waals surface area contributed by atoms with Crippen molar-refractivity contribution in [2.75, 3.05) is 13.2 Å². The van der Waals surface area contributed by atoms with Crippen LogP contribution in [-0.2, 0) is 24.7 Å².